The predicted molar refractivity (Wildman–Crippen MR) is 224 cm³/mol. The minimum Gasteiger partial charge on any atom is -0.309 e. The Morgan fingerprint density at radius 1 is 0.346 bits per heavy atom. The Labute approximate surface area is 305 Å². The fraction of sp³-hybridized carbons (Fsp3) is 0.0204. The molecule has 0 radical (unpaired) electrons. The molecule has 0 amide bonds. The molecule has 244 valence electrons. The van der Waals surface area contributed by atoms with E-state index in [1.54, 1.807) is 0 Å². The molecule has 3 heterocycles. The molecule has 0 N–H and O–H groups in total. The summed E-state index contributed by atoms with van der Waals surface area (Å²) in [7, 11) is 0. The molecular formula is C49H32N2S. The number of thiophene rings is 1. The van der Waals surface area contributed by atoms with E-state index < -0.39 is 0 Å². The minimum absolute atomic E-state index is 1.18. The number of hydrogen-bond donors (Lipinski definition) is 0. The van der Waals surface area contributed by atoms with Crippen LogP contribution in [0.5, 0.6) is 0 Å². The van der Waals surface area contributed by atoms with Gasteiger partial charge in [0.25, 0.3) is 0 Å². The standard InChI is InChI=1S/C49H32N2S/c1-31-27-36(22-23-37(31)34-21-26-49-43(30-34)40-15-7-10-18-48(40)52-49)51-45-17-9-6-14-39(45)42-29-33(20-25-47(42)51)32-19-24-46-41(28-32)38-13-5-8-16-44(38)50(46)35-11-3-2-4-12-35/h2-30H,1H3. The zero-order chi connectivity index (χ0) is 34.3. The van der Waals surface area contributed by atoms with E-state index in [0.29, 0.717) is 0 Å². The van der Waals surface area contributed by atoms with Gasteiger partial charge in [0.15, 0.2) is 0 Å². The van der Waals surface area contributed by atoms with Crippen molar-refractivity contribution in [3.05, 3.63) is 181 Å². The highest BCUT2D eigenvalue weighted by atomic mass is 32.1. The van der Waals surface area contributed by atoms with Crippen molar-refractivity contribution in [2.45, 2.75) is 6.92 Å². The van der Waals surface area contributed by atoms with Gasteiger partial charge in [0.1, 0.15) is 0 Å². The first kappa shape index (κ1) is 29.3. The molecule has 0 aliphatic rings. The number of hydrogen-bond acceptors (Lipinski definition) is 1. The van der Waals surface area contributed by atoms with Crippen LogP contribution in [0.3, 0.4) is 0 Å². The highest BCUT2D eigenvalue weighted by molar-refractivity contribution is 7.25. The zero-order valence-corrected chi connectivity index (χ0v) is 29.4. The van der Waals surface area contributed by atoms with Gasteiger partial charge in [-0.3, -0.25) is 0 Å². The summed E-state index contributed by atoms with van der Waals surface area (Å²) in [5.74, 6) is 0. The molecule has 0 atom stereocenters. The van der Waals surface area contributed by atoms with Gasteiger partial charge in [0.2, 0.25) is 0 Å². The van der Waals surface area contributed by atoms with Crippen LogP contribution in [0.15, 0.2) is 176 Å². The molecule has 2 nitrogen and oxygen atoms in total. The minimum atomic E-state index is 1.18. The second-order valence-electron chi connectivity index (χ2n) is 13.8. The Balaban J connectivity index is 1.03. The normalized spacial score (nSPS) is 11.9. The van der Waals surface area contributed by atoms with Gasteiger partial charge in [0, 0.05) is 53.1 Å². The SMILES string of the molecule is Cc1cc(-n2c3ccccc3c3cc(-c4ccc5c(c4)c4ccccc4n5-c4ccccc4)ccc32)ccc1-c1ccc2sc3ccccc3c2c1. The molecule has 11 aromatic rings. The summed E-state index contributed by atoms with van der Waals surface area (Å²) < 4.78 is 7.48. The van der Waals surface area contributed by atoms with Crippen molar-refractivity contribution in [3.8, 4) is 33.6 Å². The van der Waals surface area contributed by atoms with Gasteiger partial charge in [-0.2, -0.15) is 0 Å². The largest absolute Gasteiger partial charge is 0.309 e. The number of rotatable bonds is 4. The fourth-order valence-corrected chi connectivity index (χ4v) is 9.53. The maximum Gasteiger partial charge on any atom is 0.0541 e. The lowest BCUT2D eigenvalue weighted by atomic mass is 9.98. The Bertz CT molecular complexity index is 3190. The summed E-state index contributed by atoms with van der Waals surface area (Å²) in [5, 5.41) is 7.72. The average molecular weight is 681 g/mol. The van der Waals surface area contributed by atoms with Crippen LogP contribution in [0.25, 0.3) is 97.4 Å². The van der Waals surface area contributed by atoms with Gasteiger partial charge in [-0.05, 0) is 114 Å². The van der Waals surface area contributed by atoms with E-state index in [4.69, 9.17) is 0 Å². The van der Waals surface area contributed by atoms with Crippen molar-refractivity contribution in [2.75, 3.05) is 0 Å². The summed E-state index contributed by atoms with van der Waals surface area (Å²) in [4.78, 5) is 0. The topological polar surface area (TPSA) is 9.86 Å². The van der Waals surface area contributed by atoms with E-state index in [-0.39, 0.29) is 0 Å². The average Bonchev–Trinajstić information content (AvgIpc) is 3.85. The fourth-order valence-electron chi connectivity index (χ4n) is 8.44. The molecule has 0 aliphatic heterocycles. The summed E-state index contributed by atoms with van der Waals surface area (Å²) in [6.07, 6.45) is 0. The highest BCUT2D eigenvalue weighted by Crippen LogP contribution is 2.40. The van der Waals surface area contributed by atoms with Crippen LogP contribution in [0.1, 0.15) is 5.56 Å². The van der Waals surface area contributed by atoms with E-state index in [1.165, 1.54) is 103 Å². The van der Waals surface area contributed by atoms with Crippen molar-refractivity contribution in [2.24, 2.45) is 0 Å². The van der Waals surface area contributed by atoms with Crippen molar-refractivity contribution in [3.63, 3.8) is 0 Å². The van der Waals surface area contributed by atoms with Crippen molar-refractivity contribution < 1.29 is 0 Å². The molecular weight excluding hydrogens is 649 g/mol. The third kappa shape index (κ3) is 4.36. The van der Waals surface area contributed by atoms with Gasteiger partial charge in [-0.1, -0.05) is 97.1 Å². The molecule has 8 aromatic carbocycles. The quantitative estimate of drug-likeness (QED) is 0.175. The van der Waals surface area contributed by atoms with Crippen LogP contribution >= 0.6 is 11.3 Å². The molecule has 0 spiro atoms. The Kier molecular flexibility index (Phi) is 6.37. The van der Waals surface area contributed by atoms with Gasteiger partial charge in [0.05, 0.1) is 22.1 Å². The summed E-state index contributed by atoms with van der Waals surface area (Å²) in [6.45, 7) is 2.24. The summed E-state index contributed by atoms with van der Waals surface area (Å²) in [6, 6.07) is 64.7. The molecule has 0 aliphatic carbocycles. The summed E-state index contributed by atoms with van der Waals surface area (Å²) >= 11 is 1.87. The summed E-state index contributed by atoms with van der Waals surface area (Å²) in [5.41, 5.74) is 13.5. The first-order valence-electron chi connectivity index (χ1n) is 17.8. The van der Waals surface area contributed by atoms with E-state index in [1.807, 2.05) is 11.3 Å². The Morgan fingerprint density at radius 2 is 0.865 bits per heavy atom. The molecule has 11 rings (SSSR count). The third-order valence-corrected chi connectivity index (χ3v) is 12.0. The van der Waals surface area contributed by atoms with Crippen LogP contribution < -0.4 is 0 Å². The van der Waals surface area contributed by atoms with E-state index in [0.717, 1.165) is 0 Å². The second kappa shape index (κ2) is 11.3. The number of benzene rings is 8. The number of fused-ring (bicyclic) bond motifs is 9. The van der Waals surface area contributed by atoms with Crippen molar-refractivity contribution in [1.82, 2.24) is 9.13 Å². The van der Waals surface area contributed by atoms with Crippen LogP contribution in [0.2, 0.25) is 0 Å². The monoisotopic (exact) mass is 680 g/mol. The molecule has 0 bridgehead atoms. The molecule has 52 heavy (non-hydrogen) atoms. The van der Waals surface area contributed by atoms with Crippen LogP contribution in [0.4, 0.5) is 0 Å². The van der Waals surface area contributed by atoms with Gasteiger partial charge in [-0.15, -0.1) is 11.3 Å². The first-order valence-corrected chi connectivity index (χ1v) is 18.7. The molecule has 3 heteroatoms. The number of para-hydroxylation sites is 3. The van der Waals surface area contributed by atoms with E-state index >= 15 is 0 Å². The molecule has 0 saturated heterocycles. The van der Waals surface area contributed by atoms with Crippen molar-refractivity contribution in [1.29, 1.82) is 0 Å². The van der Waals surface area contributed by atoms with Gasteiger partial charge < -0.3 is 9.13 Å². The lowest BCUT2D eigenvalue weighted by molar-refractivity contribution is 1.17. The molecule has 0 fully saturated rings. The van der Waals surface area contributed by atoms with Crippen molar-refractivity contribution >= 4 is 75.1 Å². The van der Waals surface area contributed by atoms with E-state index in [2.05, 4.69) is 192 Å². The smallest absolute Gasteiger partial charge is 0.0541 e. The third-order valence-electron chi connectivity index (χ3n) is 10.8. The van der Waals surface area contributed by atoms with Crippen LogP contribution in [-0.2, 0) is 0 Å². The molecule has 0 saturated carbocycles. The lowest BCUT2D eigenvalue weighted by Gasteiger charge is -2.13. The number of aryl methyl sites for hydroxylation is 1. The number of nitrogens with zero attached hydrogens (tertiary/aromatic N) is 2. The van der Waals surface area contributed by atoms with E-state index in [9.17, 15) is 0 Å². The number of aromatic nitrogens is 2. The lowest BCUT2D eigenvalue weighted by Crippen LogP contribution is -1.95. The van der Waals surface area contributed by atoms with Crippen LogP contribution in [-0.4, -0.2) is 9.13 Å². The Morgan fingerprint density at radius 3 is 1.54 bits per heavy atom. The Hall–Kier alpha value is -6.42. The zero-order valence-electron chi connectivity index (χ0n) is 28.5. The van der Waals surface area contributed by atoms with Gasteiger partial charge >= 0.3 is 0 Å². The maximum atomic E-state index is 2.43. The first-order chi connectivity index (χ1) is 25.7. The highest BCUT2D eigenvalue weighted by Gasteiger charge is 2.17. The van der Waals surface area contributed by atoms with Crippen LogP contribution in [0, 0.1) is 6.92 Å². The maximum absolute atomic E-state index is 2.43. The molecule has 0 unspecified atom stereocenters. The molecule has 3 aromatic heterocycles. The second-order valence-corrected chi connectivity index (χ2v) is 14.9. The predicted octanol–water partition coefficient (Wildman–Crippen LogP) is 13.9. The van der Waals surface area contributed by atoms with Gasteiger partial charge in [-0.25, -0.2) is 0 Å².